The summed E-state index contributed by atoms with van der Waals surface area (Å²) >= 11 is 0. The molecule has 0 unspecified atom stereocenters. The highest BCUT2D eigenvalue weighted by Crippen LogP contribution is 2.25. The van der Waals surface area contributed by atoms with Crippen molar-refractivity contribution >= 4 is 17.3 Å². The summed E-state index contributed by atoms with van der Waals surface area (Å²) in [5, 5.41) is 10.8. The first-order valence-electron chi connectivity index (χ1n) is 6.38. The summed E-state index contributed by atoms with van der Waals surface area (Å²) in [5.41, 5.74) is 5.59. The van der Waals surface area contributed by atoms with Crippen LogP contribution in [0.25, 0.3) is 0 Å². The normalized spacial score (nSPS) is 16.6. The van der Waals surface area contributed by atoms with E-state index in [1.54, 1.807) is 0 Å². The number of hydrogen-bond donors (Lipinski definition) is 1. The lowest BCUT2D eigenvalue weighted by Gasteiger charge is -2.32. The van der Waals surface area contributed by atoms with Gasteiger partial charge in [0.25, 0.3) is 5.69 Å². The second kappa shape index (κ2) is 5.83. The zero-order chi connectivity index (χ0) is 13.8. The fourth-order valence-corrected chi connectivity index (χ4v) is 2.28. The highest BCUT2D eigenvalue weighted by Gasteiger charge is 2.22. The van der Waals surface area contributed by atoms with Gasteiger partial charge < -0.3 is 15.4 Å². The molecule has 1 aliphatic heterocycles. The van der Waals surface area contributed by atoms with Gasteiger partial charge in [-0.3, -0.25) is 10.1 Å². The molecule has 0 bridgehead atoms. The van der Waals surface area contributed by atoms with Gasteiger partial charge >= 0.3 is 0 Å². The molecular weight excluding hydrogens is 248 g/mol. The molecule has 0 radical (unpaired) electrons. The van der Waals surface area contributed by atoms with Gasteiger partial charge in [-0.05, 0) is 19.8 Å². The number of nitrogens with zero attached hydrogens (tertiary/aromatic N) is 3. The third-order valence-electron chi connectivity index (χ3n) is 3.20. The molecule has 2 N–H and O–H groups in total. The van der Waals surface area contributed by atoms with Crippen LogP contribution in [0.2, 0.25) is 0 Å². The van der Waals surface area contributed by atoms with Crippen LogP contribution in [0.1, 0.15) is 19.8 Å². The molecule has 7 nitrogen and oxygen atoms in total. The first-order chi connectivity index (χ1) is 9.10. The minimum atomic E-state index is -0.450. The summed E-state index contributed by atoms with van der Waals surface area (Å²) in [5.74, 6) is 0.748. The van der Waals surface area contributed by atoms with Crippen molar-refractivity contribution in [3.63, 3.8) is 0 Å². The highest BCUT2D eigenvalue weighted by molar-refractivity contribution is 5.54. The van der Waals surface area contributed by atoms with Crippen LogP contribution in [0, 0.1) is 10.1 Å². The van der Waals surface area contributed by atoms with Crippen LogP contribution in [-0.4, -0.2) is 35.7 Å². The molecule has 0 spiro atoms. The van der Waals surface area contributed by atoms with Gasteiger partial charge in [0.15, 0.2) is 0 Å². The monoisotopic (exact) mass is 266 g/mol. The van der Waals surface area contributed by atoms with E-state index < -0.39 is 4.92 Å². The van der Waals surface area contributed by atoms with Crippen molar-refractivity contribution in [2.24, 2.45) is 0 Å². The third kappa shape index (κ3) is 3.31. The molecule has 0 aromatic carbocycles. The molecule has 1 aromatic rings. The van der Waals surface area contributed by atoms with Crippen LogP contribution in [0.3, 0.4) is 0 Å². The number of piperidine rings is 1. The Kier molecular flexibility index (Phi) is 4.16. The summed E-state index contributed by atoms with van der Waals surface area (Å²) < 4.78 is 5.57. The second-order valence-electron chi connectivity index (χ2n) is 4.51. The summed E-state index contributed by atoms with van der Waals surface area (Å²) in [4.78, 5) is 16.5. The maximum absolute atomic E-state index is 10.8. The maximum Gasteiger partial charge on any atom is 0.276 e. The van der Waals surface area contributed by atoms with E-state index in [0.717, 1.165) is 25.9 Å². The fraction of sp³-hybridized carbons (Fsp3) is 0.583. The molecule has 0 saturated carbocycles. The SMILES string of the molecule is CCOC1CCN(c2cc([N+](=O)[O-])cc(N)n2)CC1. The Hall–Kier alpha value is -1.89. The van der Waals surface area contributed by atoms with Crippen molar-refractivity contribution < 1.29 is 9.66 Å². The van der Waals surface area contributed by atoms with Crippen LogP contribution in [0.5, 0.6) is 0 Å². The number of nitrogen functional groups attached to an aromatic ring is 1. The fourth-order valence-electron chi connectivity index (χ4n) is 2.28. The topological polar surface area (TPSA) is 94.5 Å². The largest absolute Gasteiger partial charge is 0.383 e. The minimum absolute atomic E-state index is 0.0190. The van der Waals surface area contributed by atoms with Gasteiger partial charge in [0.2, 0.25) is 0 Å². The standard InChI is InChI=1S/C12H18N4O3/c1-2-19-10-3-5-15(6-4-10)12-8-9(16(17)18)7-11(13)14-12/h7-8,10H,2-6H2,1H3,(H2,13,14). The molecular formula is C12H18N4O3. The van der Waals surface area contributed by atoms with Gasteiger partial charge in [0.05, 0.1) is 23.2 Å². The summed E-state index contributed by atoms with van der Waals surface area (Å²) in [6, 6.07) is 2.74. The van der Waals surface area contributed by atoms with Gasteiger partial charge in [-0.25, -0.2) is 4.98 Å². The number of nitro groups is 1. The van der Waals surface area contributed by atoms with E-state index in [1.165, 1.54) is 12.1 Å². The van der Waals surface area contributed by atoms with E-state index >= 15 is 0 Å². The van der Waals surface area contributed by atoms with Crippen LogP contribution < -0.4 is 10.6 Å². The highest BCUT2D eigenvalue weighted by atomic mass is 16.6. The Labute approximate surface area is 111 Å². The van der Waals surface area contributed by atoms with Crippen molar-refractivity contribution in [2.45, 2.75) is 25.9 Å². The summed E-state index contributed by atoms with van der Waals surface area (Å²) in [7, 11) is 0. The van der Waals surface area contributed by atoms with Gasteiger partial charge in [0, 0.05) is 19.7 Å². The molecule has 0 atom stereocenters. The smallest absolute Gasteiger partial charge is 0.276 e. The van der Waals surface area contributed by atoms with Crippen molar-refractivity contribution in [3.8, 4) is 0 Å². The van der Waals surface area contributed by atoms with E-state index in [1.807, 2.05) is 11.8 Å². The summed E-state index contributed by atoms with van der Waals surface area (Å²) in [6.07, 6.45) is 2.08. The predicted octanol–water partition coefficient (Wildman–Crippen LogP) is 1.58. The first-order valence-corrected chi connectivity index (χ1v) is 6.38. The number of pyridine rings is 1. The van der Waals surface area contributed by atoms with Crippen molar-refractivity contribution in [3.05, 3.63) is 22.2 Å². The lowest BCUT2D eigenvalue weighted by molar-refractivity contribution is -0.384. The Balaban J connectivity index is 2.09. The second-order valence-corrected chi connectivity index (χ2v) is 4.51. The predicted molar refractivity (Wildman–Crippen MR) is 72.2 cm³/mol. The molecule has 0 amide bonds. The first kappa shape index (κ1) is 13.5. The molecule has 1 aliphatic rings. The zero-order valence-corrected chi connectivity index (χ0v) is 10.9. The Morgan fingerprint density at radius 3 is 2.79 bits per heavy atom. The molecule has 2 rings (SSSR count). The van der Waals surface area contributed by atoms with Crippen LogP contribution in [-0.2, 0) is 4.74 Å². The maximum atomic E-state index is 10.8. The number of rotatable bonds is 4. The number of nitrogens with two attached hydrogens (primary N) is 1. The average molecular weight is 266 g/mol. The number of aromatic nitrogens is 1. The molecule has 1 aromatic heterocycles. The molecule has 2 heterocycles. The lowest BCUT2D eigenvalue weighted by Crippen LogP contribution is -2.37. The van der Waals surface area contributed by atoms with E-state index in [4.69, 9.17) is 10.5 Å². The van der Waals surface area contributed by atoms with Gasteiger partial charge in [0.1, 0.15) is 11.6 Å². The van der Waals surface area contributed by atoms with Crippen LogP contribution in [0.4, 0.5) is 17.3 Å². The van der Waals surface area contributed by atoms with E-state index in [-0.39, 0.29) is 17.6 Å². The Bertz CT molecular complexity index is 458. The minimum Gasteiger partial charge on any atom is -0.383 e. The summed E-state index contributed by atoms with van der Waals surface area (Å²) in [6.45, 7) is 4.25. The number of ether oxygens (including phenoxy) is 1. The molecule has 104 valence electrons. The molecule has 7 heteroatoms. The number of anilines is 2. The van der Waals surface area contributed by atoms with Gasteiger partial charge in [-0.15, -0.1) is 0 Å². The zero-order valence-electron chi connectivity index (χ0n) is 10.9. The van der Waals surface area contributed by atoms with Crippen LogP contribution >= 0.6 is 0 Å². The van der Waals surface area contributed by atoms with Crippen LogP contribution in [0.15, 0.2) is 12.1 Å². The van der Waals surface area contributed by atoms with Gasteiger partial charge in [-0.1, -0.05) is 0 Å². The average Bonchev–Trinajstić information content (AvgIpc) is 2.39. The Morgan fingerprint density at radius 2 is 2.21 bits per heavy atom. The third-order valence-corrected chi connectivity index (χ3v) is 3.20. The molecule has 0 aliphatic carbocycles. The van der Waals surface area contributed by atoms with Crippen molar-refractivity contribution in [2.75, 3.05) is 30.3 Å². The van der Waals surface area contributed by atoms with E-state index in [2.05, 4.69) is 4.98 Å². The van der Waals surface area contributed by atoms with E-state index in [9.17, 15) is 10.1 Å². The molecule has 19 heavy (non-hydrogen) atoms. The molecule has 1 fully saturated rings. The van der Waals surface area contributed by atoms with Crippen molar-refractivity contribution in [1.82, 2.24) is 4.98 Å². The quantitative estimate of drug-likeness (QED) is 0.656. The Morgan fingerprint density at radius 1 is 1.53 bits per heavy atom. The van der Waals surface area contributed by atoms with E-state index in [0.29, 0.717) is 12.4 Å². The lowest BCUT2D eigenvalue weighted by atomic mass is 10.1. The number of hydrogen-bond acceptors (Lipinski definition) is 6. The van der Waals surface area contributed by atoms with Crippen molar-refractivity contribution in [1.29, 1.82) is 0 Å². The van der Waals surface area contributed by atoms with Gasteiger partial charge in [-0.2, -0.15) is 0 Å². The molecule has 1 saturated heterocycles.